The van der Waals surface area contributed by atoms with Crippen LogP contribution in [0.2, 0.25) is 0 Å². The number of ether oxygens (including phenoxy) is 1. The number of allylic oxidation sites excluding steroid dienone is 16. The van der Waals surface area contributed by atoms with Gasteiger partial charge in [0.05, 0.1) is 13.2 Å². The topological polar surface area (TPSA) is 169 Å². The zero-order chi connectivity index (χ0) is 51.3. The number of amides is 1. The molecule has 0 heterocycles. The fourth-order valence-corrected chi connectivity index (χ4v) is 7.95. The Morgan fingerprint density at radius 2 is 0.829 bits per heavy atom. The van der Waals surface area contributed by atoms with Crippen molar-refractivity contribution in [2.45, 2.75) is 231 Å². The van der Waals surface area contributed by atoms with Gasteiger partial charge in [0.15, 0.2) is 6.04 Å². The van der Waals surface area contributed by atoms with E-state index in [0.717, 1.165) is 89.9 Å². The maximum absolute atomic E-state index is 12.4. The smallest absolute Gasteiger partial charge is 0.472 e. The van der Waals surface area contributed by atoms with E-state index >= 15 is 0 Å². The number of unbranched alkanes of at least 4 members (excludes halogenated alkanes) is 20. The van der Waals surface area contributed by atoms with Crippen LogP contribution < -0.4 is 5.32 Å². The first-order valence-corrected chi connectivity index (χ1v) is 28.8. The number of phosphoric acid groups is 1. The van der Waals surface area contributed by atoms with Crippen LogP contribution in [0, 0.1) is 0 Å². The molecule has 70 heavy (non-hydrogen) atoms. The number of phosphoric ester groups is 1. The van der Waals surface area contributed by atoms with Gasteiger partial charge in [0.25, 0.3) is 0 Å². The van der Waals surface area contributed by atoms with Crippen molar-refractivity contribution in [2.24, 2.45) is 0 Å². The Hall–Kier alpha value is -3.60. The second kappa shape index (κ2) is 51.7. The molecular formula is C58H98NO10P. The minimum atomic E-state index is -4.78. The molecule has 0 fully saturated rings. The highest BCUT2D eigenvalue weighted by molar-refractivity contribution is 7.47. The Labute approximate surface area is 425 Å². The molecule has 0 saturated carbocycles. The van der Waals surface area contributed by atoms with Gasteiger partial charge in [0, 0.05) is 12.8 Å². The lowest BCUT2D eigenvalue weighted by Gasteiger charge is -2.18. The third kappa shape index (κ3) is 50.8. The van der Waals surface area contributed by atoms with Gasteiger partial charge in [0.1, 0.15) is 12.7 Å². The standard InChI is InChI=1S/C58H98NO10P/c1-3-5-7-9-11-13-15-17-19-21-23-25-27-29-31-33-35-37-39-41-43-45-47-49-56(61)59-55(58(63)64)53-69-70(65,66)68-52-54(60)51-67-57(62)50-48-46-44-42-40-38-36-34-32-30-28-26-24-22-20-18-16-14-12-10-8-6-4-2/h6,8,11-14,17-20,24,26,30,32,36,38,54-55,60H,3-5,7,9-10,15-16,21-23,25,27-29,31,33-35,37,39-53H2,1-2H3,(H,59,61)(H,63,64)(H,65,66)/b8-6-,13-11-,14-12-,19-17-,20-18-,26-24-,32-30-,38-36-. The van der Waals surface area contributed by atoms with Crippen molar-refractivity contribution in [3.63, 3.8) is 0 Å². The normalized spacial score (nSPS) is 14.2. The van der Waals surface area contributed by atoms with Gasteiger partial charge in [-0.25, -0.2) is 9.36 Å². The van der Waals surface area contributed by atoms with Crippen LogP contribution in [0.25, 0.3) is 0 Å². The van der Waals surface area contributed by atoms with Crippen LogP contribution in [0.4, 0.5) is 0 Å². The first-order chi connectivity index (χ1) is 34.1. The fourth-order valence-electron chi connectivity index (χ4n) is 7.17. The van der Waals surface area contributed by atoms with Crippen LogP contribution >= 0.6 is 7.82 Å². The average molecular weight is 1000 g/mol. The molecule has 0 spiro atoms. The summed E-state index contributed by atoms with van der Waals surface area (Å²) in [6.07, 6.45) is 67.1. The van der Waals surface area contributed by atoms with Crippen LogP contribution in [0.5, 0.6) is 0 Å². The van der Waals surface area contributed by atoms with Gasteiger partial charge in [-0.05, 0) is 96.3 Å². The Morgan fingerprint density at radius 3 is 1.24 bits per heavy atom. The van der Waals surface area contributed by atoms with Gasteiger partial charge in [-0.15, -0.1) is 0 Å². The second-order valence-electron chi connectivity index (χ2n) is 18.0. The fraction of sp³-hybridized carbons (Fsp3) is 0.672. The van der Waals surface area contributed by atoms with Crippen molar-refractivity contribution >= 4 is 25.7 Å². The van der Waals surface area contributed by atoms with Crippen molar-refractivity contribution in [3.05, 3.63) is 97.2 Å². The summed E-state index contributed by atoms with van der Waals surface area (Å²) < 4.78 is 27.0. The van der Waals surface area contributed by atoms with Crippen molar-refractivity contribution < 1.29 is 47.8 Å². The summed E-state index contributed by atoms with van der Waals surface area (Å²) in [5.41, 5.74) is 0. The Balaban J connectivity index is 3.86. The second-order valence-corrected chi connectivity index (χ2v) is 19.5. The highest BCUT2D eigenvalue weighted by Crippen LogP contribution is 2.43. The van der Waals surface area contributed by atoms with Gasteiger partial charge in [0.2, 0.25) is 5.91 Å². The summed E-state index contributed by atoms with van der Waals surface area (Å²) in [7, 11) is -4.78. The molecule has 0 radical (unpaired) electrons. The van der Waals surface area contributed by atoms with E-state index in [1.807, 2.05) is 0 Å². The maximum atomic E-state index is 12.4. The summed E-state index contributed by atoms with van der Waals surface area (Å²) in [5, 5.41) is 22.0. The molecule has 12 heteroatoms. The summed E-state index contributed by atoms with van der Waals surface area (Å²) in [4.78, 5) is 46.2. The number of esters is 1. The van der Waals surface area contributed by atoms with Gasteiger partial charge in [-0.3, -0.25) is 18.6 Å². The van der Waals surface area contributed by atoms with Crippen molar-refractivity contribution in [1.29, 1.82) is 0 Å². The molecule has 3 atom stereocenters. The number of rotatable bonds is 50. The Bertz CT molecular complexity index is 1550. The van der Waals surface area contributed by atoms with E-state index in [9.17, 15) is 34.1 Å². The molecule has 0 aliphatic carbocycles. The van der Waals surface area contributed by atoms with Crippen molar-refractivity contribution in [2.75, 3.05) is 19.8 Å². The summed E-state index contributed by atoms with van der Waals surface area (Å²) >= 11 is 0. The predicted octanol–water partition coefficient (Wildman–Crippen LogP) is 15.6. The molecule has 0 aromatic carbocycles. The first kappa shape index (κ1) is 66.4. The van der Waals surface area contributed by atoms with E-state index in [4.69, 9.17) is 13.8 Å². The number of nitrogens with one attached hydrogen (secondary N) is 1. The molecule has 0 rings (SSSR count). The number of carbonyl (C=O) groups is 3. The van der Waals surface area contributed by atoms with E-state index in [1.165, 1.54) is 89.9 Å². The average Bonchev–Trinajstić information content (AvgIpc) is 3.34. The molecule has 0 aromatic heterocycles. The predicted molar refractivity (Wildman–Crippen MR) is 290 cm³/mol. The van der Waals surface area contributed by atoms with Gasteiger partial charge in [-0.1, -0.05) is 207 Å². The molecule has 4 N–H and O–H groups in total. The molecule has 0 saturated heterocycles. The third-order valence-corrected chi connectivity index (χ3v) is 12.3. The highest BCUT2D eigenvalue weighted by Gasteiger charge is 2.28. The minimum absolute atomic E-state index is 0.139. The Kier molecular flexibility index (Phi) is 49.1. The van der Waals surface area contributed by atoms with Crippen molar-refractivity contribution in [3.8, 4) is 0 Å². The monoisotopic (exact) mass is 1000 g/mol. The largest absolute Gasteiger partial charge is 0.480 e. The molecule has 11 nitrogen and oxygen atoms in total. The zero-order valence-corrected chi connectivity index (χ0v) is 44.7. The number of aliphatic hydroxyl groups excluding tert-OH is 1. The van der Waals surface area contributed by atoms with Crippen LogP contribution in [-0.4, -0.2) is 64.9 Å². The SMILES string of the molecule is CC/C=C\C/C=C\C/C=C\C/C=C\C/C=C\C/C=C\CCCCCCC(=O)OCC(O)COP(=O)(O)OCC(NC(=O)CCCCCCCCCCCCCCC/C=C\C/C=C\CCCCC)C(=O)O. The van der Waals surface area contributed by atoms with E-state index in [-0.39, 0.29) is 12.8 Å². The number of carboxylic acids is 1. The zero-order valence-electron chi connectivity index (χ0n) is 43.8. The van der Waals surface area contributed by atoms with Gasteiger partial charge < -0.3 is 25.2 Å². The minimum Gasteiger partial charge on any atom is -0.480 e. The summed E-state index contributed by atoms with van der Waals surface area (Å²) in [6.45, 7) is 2.45. The molecule has 1 amide bonds. The molecule has 0 aliphatic rings. The van der Waals surface area contributed by atoms with Crippen LogP contribution in [-0.2, 0) is 32.7 Å². The molecule has 0 aromatic rings. The van der Waals surface area contributed by atoms with Crippen molar-refractivity contribution in [1.82, 2.24) is 5.32 Å². The quantitative estimate of drug-likeness (QED) is 0.0199. The first-order valence-electron chi connectivity index (χ1n) is 27.3. The highest BCUT2D eigenvalue weighted by atomic mass is 31.2. The third-order valence-electron chi connectivity index (χ3n) is 11.4. The van der Waals surface area contributed by atoms with E-state index in [0.29, 0.717) is 12.8 Å². The number of carbonyl (C=O) groups excluding carboxylic acids is 2. The van der Waals surface area contributed by atoms with E-state index in [1.54, 1.807) is 0 Å². The Morgan fingerprint density at radius 1 is 0.471 bits per heavy atom. The lowest BCUT2D eigenvalue weighted by atomic mass is 10.0. The number of carboxylic acid groups (broad SMARTS) is 1. The lowest BCUT2D eigenvalue weighted by molar-refractivity contribution is -0.147. The van der Waals surface area contributed by atoms with Crippen LogP contribution in [0.1, 0.15) is 219 Å². The number of hydrogen-bond acceptors (Lipinski definition) is 8. The van der Waals surface area contributed by atoms with Gasteiger partial charge >= 0.3 is 19.8 Å². The number of aliphatic carboxylic acids is 1. The maximum Gasteiger partial charge on any atom is 0.472 e. The molecule has 0 bridgehead atoms. The molecular weight excluding hydrogens is 902 g/mol. The van der Waals surface area contributed by atoms with Gasteiger partial charge in [-0.2, -0.15) is 0 Å². The van der Waals surface area contributed by atoms with E-state index in [2.05, 4.69) is 116 Å². The van der Waals surface area contributed by atoms with Crippen LogP contribution in [0.3, 0.4) is 0 Å². The summed E-state index contributed by atoms with van der Waals surface area (Å²) in [5.74, 6) is -2.40. The summed E-state index contributed by atoms with van der Waals surface area (Å²) in [6, 6.07) is -1.56. The van der Waals surface area contributed by atoms with E-state index < -0.39 is 57.6 Å². The molecule has 400 valence electrons. The molecule has 3 unspecified atom stereocenters. The lowest BCUT2D eigenvalue weighted by Crippen LogP contribution is -2.43. The van der Waals surface area contributed by atoms with Crippen LogP contribution in [0.15, 0.2) is 97.2 Å². The molecule has 0 aliphatic heterocycles. The number of hydrogen-bond donors (Lipinski definition) is 4. The number of aliphatic hydroxyl groups is 1.